The average molecular weight is 171 g/mol. The number of aliphatic hydroxyl groups is 2. The van der Waals surface area contributed by atoms with E-state index in [1.165, 1.54) is 5.57 Å². The van der Waals surface area contributed by atoms with Crippen molar-refractivity contribution < 1.29 is 10.2 Å². The molecule has 70 valence electrons. The Morgan fingerprint density at radius 3 is 2.25 bits per heavy atom. The van der Waals surface area contributed by atoms with E-state index in [0.29, 0.717) is 0 Å². The Balaban J connectivity index is 3.62. The molecule has 0 fully saturated rings. The molecule has 0 heterocycles. The van der Waals surface area contributed by atoms with Gasteiger partial charge in [-0.2, -0.15) is 0 Å². The highest BCUT2D eigenvalue weighted by molar-refractivity contribution is 5.03. The summed E-state index contributed by atoms with van der Waals surface area (Å²) >= 11 is 0. The molecule has 0 aliphatic carbocycles. The molecule has 0 saturated heterocycles. The fourth-order valence-corrected chi connectivity index (χ4v) is 0.869. The van der Waals surface area contributed by atoms with Gasteiger partial charge in [0, 0.05) is 0 Å². The van der Waals surface area contributed by atoms with Crippen LogP contribution in [0.15, 0.2) is 23.3 Å². The number of allylic oxidation sites excluding steroid dienone is 2. The van der Waals surface area contributed by atoms with Crippen molar-refractivity contribution in [2.75, 3.05) is 13.2 Å². The van der Waals surface area contributed by atoms with Gasteiger partial charge in [0.15, 0.2) is 0 Å². The molecular weight excluding hydrogens is 153 g/mol. The molecule has 2 heteroatoms. The van der Waals surface area contributed by atoms with Crippen molar-refractivity contribution >= 4 is 0 Å². The first-order valence-electron chi connectivity index (χ1n) is 4.23. The Labute approximate surface area is 74.2 Å². The standard InChI is InChI=1S/C10H18O2/c1-9(6-7-11)4-3-5-10(2)8-12/h5-6,11-12H,3-4,7-8H2,1-2H3/b9-6+,10-5+/i1+1. The van der Waals surface area contributed by atoms with Crippen LogP contribution in [0.3, 0.4) is 0 Å². The maximum Gasteiger partial charge on any atom is 0.0639 e. The third kappa shape index (κ3) is 6.13. The molecule has 2 N–H and O–H groups in total. The molecule has 0 amide bonds. The quantitative estimate of drug-likeness (QED) is 0.487. The van der Waals surface area contributed by atoms with Crippen molar-refractivity contribution in [1.29, 1.82) is 0 Å². The Morgan fingerprint density at radius 2 is 1.75 bits per heavy atom. The predicted octanol–water partition coefficient (Wildman–Crippen LogP) is 1.64. The summed E-state index contributed by atoms with van der Waals surface area (Å²) < 4.78 is 0. The summed E-state index contributed by atoms with van der Waals surface area (Å²) in [6.45, 7) is 4.17. The fraction of sp³-hybridized carbons (Fsp3) is 0.600. The summed E-state index contributed by atoms with van der Waals surface area (Å²) in [6.07, 6.45) is 5.73. The van der Waals surface area contributed by atoms with Crippen molar-refractivity contribution in [3.63, 3.8) is 0 Å². The lowest BCUT2D eigenvalue weighted by atomic mass is 10.1. The molecule has 0 unspecified atom stereocenters. The van der Waals surface area contributed by atoms with E-state index >= 15 is 0 Å². The summed E-state index contributed by atoms with van der Waals surface area (Å²) in [4.78, 5) is 0. The van der Waals surface area contributed by atoms with E-state index in [4.69, 9.17) is 10.2 Å². The van der Waals surface area contributed by atoms with Crippen molar-refractivity contribution in [3.8, 4) is 0 Å². The van der Waals surface area contributed by atoms with Crippen LogP contribution in [-0.2, 0) is 0 Å². The van der Waals surface area contributed by atoms with Gasteiger partial charge in [-0.1, -0.05) is 23.3 Å². The van der Waals surface area contributed by atoms with Crippen molar-refractivity contribution in [3.05, 3.63) is 23.3 Å². The van der Waals surface area contributed by atoms with Crippen LogP contribution in [0.4, 0.5) is 0 Å². The van der Waals surface area contributed by atoms with Crippen molar-refractivity contribution in [1.82, 2.24) is 0 Å². The van der Waals surface area contributed by atoms with Crippen molar-refractivity contribution in [2.45, 2.75) is 26.7 Å². The molecule has 0 atom stereocenters. The molecule has 0 rings (SSSR count). The Hall–Kier alpha value is -0.600. The Bertz CT molecular complexity index is 169. The number of rotatable bonds is 5. The van der Waals surface area contributed by atoms with E-state index in [1.54, 1.807) is 0 Å². The maximum absolute atomic E-state index is 8.68. The Kier molecular flexibility index (Phi) is 6.72. The normalized spacial score (nSPS) is 13.7. The third-order valence-corrected chi connectivity index (χ3v) is 1.72. The summed E-state index contributed by atoms with van der Waals surface area (Å²) in [5.74, 6) is 0. The van der Waals surface area contributed by atoms with Crippen molar-refractivity contribution in [2.24, 2.45) is 0 Å². The highest BCUT2D eigenvalue weighted by Crippen LogP contribution is 2.05. The number of hydrogen-bond donors (Lipinski definition) is 2. The average Bonchev–Trinajstić information content (AvgIpc) is 2.04. The van der Waals surface area contributed by atoms with Crippen LogP contribution in [0.25, 0.3) is 0 Å². The van der Waals surface area contributed by atoms with Crippen LogP contribution < -0.4 is 0 Å². The number of aliphatic hydroxyl groups excluding tert-OH is 2. The minimum Gasteiger partial charge on any atom is -0.392 e. The SMILES string of the molecule is C/C(=C\CC/C([13CH3])=C/CO)CO. The van der Waals surface area contributed by atoms with Crippen LogP contribution in [0.5, 0.6) is 0 Å². The molecule has 0 aromatic rings. The molecule has 0 saturated carbocycles. The molecule has 0 spiro atoms. The molecule has 0 bridgehead atoms. The zero-order valence-corrected chi connectivity index (χ0v) is 7.88. The predicted molar refractivity (Wildman–Crippen MR) is 50.9 cm³/mol. The smallest absolute Gasteiger partial charge is 0.0639 e. The second-order valence-electron chi connectivity index (χ2n) is 2.98. The van der Waals surface area contributed by atoms with Gasteiger partial charge in [0.25, 0.3) is 0 Å². The molecule has 0 aliphatic rings. The molecule has 2 nitrogen and oxygen atoms in total. The van der Waals surface area contributed by atoms with Gasteiger partial charge in [-0.25, -0.2) is 0 Å². The van der Waals surface area contributed by atoms with E-state index in [1.807, 2.05) is 26.0 Å². The second-order valence-corrected chi connectivity index (χ2v) is 2.98. The van der Waals surface area contributed by atoms with Gasteiger partial charge in [0.1, 0.15) is 0 Å². The summed E-state index contributed by atoms with van der Waals surface area (Å²) in [5, 5.41) is 17.2. The minimum atomic E-state index is 0.120. The van der Waals surface area contributed by atoms with Crippen LogP contribution in [0.2, 0.25) is 0 Å². The van der Waals surface area contributed by atoms with Crippen LogP contribution in [-0.4, -0.2) is 23.4 Å². The molecule has 0 aromatic heterocycles. The van der Waals surface area contributed by atoms with Gasteiger partial charge in [-0.3, -0.25) is 0 Å². The summed E-state index contributed by atoms with van der Waals surface area (Å²) in [5.41, 5.74) is 2.20. The fourth-order valence-electron chi connectivity index (χ4n) is 0.869. The van der Waals surface area contributed by atoms with E-state index in [0.717, 1.165) is 18.4 Å². The van der Waals surface area contributed by atoms with Gasteiger partial charge >= 0.3 is 0 Å². The largest absolute Gasteiger partial charge is 0.392 e. The third-order valence-electron chi connectivity index (χ3n) is 1.72. The zero-order valence-electron chi connectivity index (χ0n) is 7.88. The zero-order chi connectivity index (χ0) is 9.40. The van der Waals surface area contributed by atoms with E-state index in [2.05, 4.69) is 0 Å². The lowest BCUT2D eigenvalue weighted by Gasteiger charge is -1.97. The van der Waals surface area contributed by atoms with Gasteiger partial charge in [-0.15, -0.1) is 0 Å². The highest BCUT2D eigenvalue weighted by atomic mass is 16.3. The molecule has 0 aromatic carbocycles. The van der Waals surface area contributed by atoms with E-state index < -0.39 is 0 Å². The molecule has 0 radical (unpaired) electrons. The molecule has 0 aliphatic heterocycles. The van der Waals surface area contributed by atoms with Crippen LogP contribution in [0.1, 0.15) is 26.7 Å². The lowest BCUT2D eigenvalue weighted by molar-refractivity contribution is 0.331. The second kappa shape index (κ2) is 7.07. The van der Waals surface area contributed by atoms with Crippen LogP contribution in [0, 0.1) is 0 Å². The van der Waals surface area contributed by atoms with E-state index in [9.17, 15) is 0 Å². The first-order valence-corrected chi connectivity index (χ1v) is 4.23. The van der Waals surface area contributed by atoms with Crippen LogP contribution >= 0.6 is 0 Å². The molecular formula is C10H18O2. The Morgan fingerprint density at radius 1 is 1.08 bits per heavy atom. The maximum atomic E-state index is 8.68. The first kappa shape index (κ1) is 11.4. The lowest BCUT2D eigenvalue weighted by Crippen LogP contribution is -1.85. The van der Waals surface area contributed by atoms with Gasteiger partial charge < -0.3 is 10.2 Å². The van der Waals surface area contributed by atoms with E-state index in [-0.39, 0.29) is 13.2 Å². The minimum absolute atomic E-state index is 0.120. The topological polar surface area (TPSA) is 40.5 Å². The summed E-state index contributed by atoms with van der Waals surface area (Å²) in [7, 11) is 0. The van der Waals surface area contributed by atoms with Gasteiger partial charge in [-0.05, 0) is 26.7 Å². The first-order chi connectivity index (χ1) is 5.70. The summed E-state index contributed by atoms with van der Waals surface area (Å²) in [6, 6.07) is 0. The monoisotopic (exact) mass is 171 g/mol. The highest BCUT2D eigenvalue weighted by Gasteiger charge is 1.88. The van der Waals surface area contributed by atoms with Gasteiger partial charge in [0.2, 0.25) is 0 Å². The number of hydrogen-bond acceptors (Lipinski definition) is 2. The van der Waals surface area contributed by atoms with Gasteiger partial charge in [0.05, 0.1) is 13.2 Å². The molecule has 12 heavy (non-hydrogen) atoms.